The summed E-state index contributed by atoms with van der Waals surface area (Å²) in [6, 6.07) is 12.7. The van der Waals surface area contributed by atoms with Crippen LogP contribution in [0.1, 0.15) is 32.6 Å². The highest BCUT2D eigenvalue weighted by Crippen LogP contribution is 2.25. The molecular weight excluding hydrogens is 413 g/mol. The highest BCUT2D eigenvalue weighted by atomic mass is 32.2. The van der Waals surface area contributed by atoms with Crippen molar-refractivity contribution in [2.75, 3.05) is 26.2 Å². The lowest BCUT2D eigenvalue weighted by atomic mass is 9.93. The predicted molar refractivity (Wildman–Crippen MR) is 123 cm³/mol. The summed E-state index contributed by atoms with van der Waals surface area (Å²) in [5, 5.41) is 0. The number of hydrogen-bond acceptors (Lipinski definition) is 4. The van der Waals surface area contributed by atoms with Gasteiger partial charge < -0.3 is 10.6 Å². The lowest BCUT2D eigenvalue weighted by molar-refractivity contribution is 0.217. The van der Waals surface area contributed by atoms with E-state index in [2.05, 4.69) is 22.6 Å². The molecule has 0 amide bonds. The van der Waals surface area contributed by atoms with Gasteiger partial charge in [0, 0.05) is 18.8 Å². The second kappa shape index (κ2) is 10.9. The van der Waals surface area contributed by atoms with Crippen molar-refractivity contribution in [3.8, 4) is 11.1 Å². The molecule has 168 valence electrons. The van der Waals surface area contributed by atoms with E-state index in [0.29, 0.717) is 17.0 Å². The van der Waals surface area contributed by atoms with Crippen LogP contribution in [-0.4, -0.2) is 39.5 Å². The zero-order valence-corrected chi connectivity index (χ0v) is 18.9. The standard InChI is InChI=1S/C24H32FN3O2S/c1-2-5-23(28-14-11-19(10-13-26)12-15-28)18-27-31(29,30)24-9-4-7-21(17-24)20-6-3-8-22(25)16-20/h3-9,16-17,19,27H,2,10-15,18,26H2,1H3/b23-5+. The van der Waals surface area contributed by atoms with Crippen LogP contribution in [0.25, 0.3) is 11.1 Å². The van der Waals surface area contributed by atoms with E-state index in [1.807, 2.05) is 0 Å². The summed E-state index contributed by atoms with van der Waals surface area (Å²) in [6.07, 6.45) is 6.15. The van der Waals surface area contributed by atoms with Crippen molar-refractivity contribution in [1.29, 1.82) is 0 Å². The summed E-state index contributed by atoms with van der Waals surface area (Å²) in [5.41, 5.74) is 8.00. The summed E-state index contributed by atoms with van der Waals surface area (Å²) in [6.45, 7) is 4.87. The first-order valence-electron chi connectivity index (χ1n) is 10.9. The van der Waals surface area contributed by atoms with Gasteiger partial charge in [0.25, 0.3) is 0 Å². The Morgan fingerprint density at radius 1 is 1.16 bits per heavy atom. The Hall–Kier alpha value is -2.22. The second-order valence-electron chi connectivity index (χ2n) is 7.97. The van der Waals surface area contributed by atoms with Crippen LogP contribution in [0.4, 0.5) is 4.39 Å². The number of nitrogens with two attached hydrogens (primary N) is 1. The normalized spacial score (nSPS) is 16.0. The maximum Gasteiger partial charge on any atom is 0.240 e. The molecule has 0 bridgehead atoms. The lowest BCUT2D eigenvalue weighted by Gasteiger charge is -2.35. The monoisotopic (exact) mass is 445 g/mol. The second-order valence-corrected chi connectivity index (χ2v) is 9.74. The van der Waals surface area contributed by atoms with E-state index < -0.39 is 10.0 Å². The van der Waals surface area contributed by atoms with Gasteiger partial charge in [-0.25, -0.2) is 17.5 Å². The number of benzene rings is 2. The third-order valence-electron chi connectivity index (χ3n) is 5.78. The molecule has 1 saturated heterocycles. The molecule has 1 aliphatic heterocycles. The number of halogens is 1. The maximum atomic E-state index is 13.6. The van der Waals surface area contributed by atoms with Crippen LogP contribution in [0.15, 0.2) is 65.2 Å². The van der Waals surface area contributed by atoms with Gasteiger partial charge in [0.15, 0.2) is 0 Å². The van der Waals surface area contributed by atoms with Gasteiger partial charge in [0.05, 0.1) is 11.4 Å². The molecule has 3 rings (SSSR count). The molecule has 0 aliphatic carbocycles. The highest BCUT2D eigenvalue weighted by molar-refractivity contribution is 7.89. The van der Waals surface area contributed by atoms with Gasteiger partial charge in [-0.3, -0.25) is 0 Å². The first-order valence-corrected chi connectivity index (χ1v) is 12.4. The van der Waals surface area contributed by atoms with Crippen LogP contribution in [-0.2, 0) is 10.0 Å². The summed E-state index contributed by atoms with van der Waals surface area (Å²) in [5.74, 6) is 0.305. The van der Waals surface area contributed by atoms with Crippen LogP contribution >= 0.6 is 0 Å². The van der Waals surface area contributed by atoms with Gasteiger partial charge in [0.1, 0.15) is 5.82 Å². The van der Waals surface area contributed by atoms with E-state index in [4.69, 9.17) is 5.73 Å². The molecule has 1 heterocycles. The number of piperidine rings is 1. The molecule has 2 aromatic rings. The number of likely N-dealkylation sites (tertiary alicyclic amines) is 1. The molecule has 0 saturated carbocycles. The molecule has 0 unspecified atom stereocenters. The number of nitrogens with one attached hydrogen (secondary N) is 1. The average molecular weight is 446 g/mol. The fraction of sp³-hybridized carbons (Fsp3) is 0.417. The van der Waals surface area contributed by atoms with Gasteiger partial charge in [-0.05, 0) is 73.5 Å². The Labute approximate surface area is 185 Å². The minimum Gasteiger partial charge on any atom is -0.374 e. The number of nitrogens with zero attached hydrogens (tertiary/aromatic N) is 1. The Morgan fingerprint density at radius 3 is 2.48 bits per heavy atom. The number of hydrogen-bond donors (Lipinski definition) is 2. The third-order valence-corrected chi connectivity index (χ3v) is 7.18. The maximum absolute atomic E-state index is 13.6. The first-order chi connectivity index (χ1) is 14.9. The summed E-state index contributed by atoms with van der Waals surface area (Å²) in [7, 11) is -3.70. The fourth-order valence-corrected chi connectivity index (χ4v) is 5.10. The number of rotatable bonds is 9. The van der Waals surface area contributed by atoms with Crippen LogP contribution in [0, 0.1) is 11.7 Å². The SMILES string of the molecule is CC/C=C(\CNS(=O)(=O)c1cccc(-c2cccc(F)c2)c1)N1CCC(CCN)CC1. The van der Waals surface area contributed by atoms with Crippen LogP contribution in [0.3, 0.4) is 0 Å². The average Bonchev–Trinajstić information content (AvgIpc) is 2.78. The van der Waals surface area contributed by atoms with Crippen LogP contribution in [0.2, 0.25) is 0 Å². The van der Waals surface area contributed by atoms with Crippen molar-refractivity contribution in [2.45, 2.75) is 37.5 Å². The van der Waals surface area contributed by atoms with E-state index in [0.717, 1.165) is 51.0 Å². The van der Waals surface area contributed by atoms with Crippen molar-refractivity contribution in [3.63, 3.8) is 0 Å². The minimum absolute atomic E-state index is 0.173. The topological polar surface area (TPSA) is 75.4 Å². The minimum atomic E-state index is -3.70. The Bertz CT molecular complexity index is 999. The molecule has 5 nitrogen and oxygen atoms in total. The third kappa shape index (κ3) is 6.38. The van der Waals surface area contributed by atoms with E-state index in [1.54, 1.807) is 36.4 Å². The van der Waals surface area contributed by atoms with Gasteiger partial charge >= 0.3 is 0 Å². The molecule has 1 fully saturated rings. The van der Waals surface area contributed by atoms with Crippen molar-refractivity contribution in [1.82, 2.24) is 9.62 Å². The van der Waals surface area contributed by atoms with Crippen LogP contribution < -0.4 is 10.5 Å². The molecule has 0 spiro atoms. The highest BCUT2D eigenvalue weighted by Gasteiger charge is 2.22. The van der Waals surface area contributed by atoms with Crippen LogP contribution in [0.5, 0.6) is 0 Å². The molecule has 1 aliphatic rings. The number of allylic oxidation sites excluding steroid dienone is 1. The quantitative estimate of drug-likeness (QED) is 0.609. The summed E-state index contributed by atoms with van der Waals surface area (Å²) < 4.78 is 42.3. The van der Waals surface area contributed by atoms with Gasteiger partial charge in [0.2, 0.25) is 10.0 Å². The molecule has 31 heavy (non-hydrogen) atoms. The zero-order chi connectivity index (χ0) is 22.3. The predicted octanol–water partition coefficient (Wildman–Crippen LogP) is 4.13. The molecule has 0 atom stereocenters. The molecule has 0 aromatic heterocycles. The van der Waals surface area contributed by atoms with E-state index >= 15 is 0 Å². The molecule has 0 radical (unpaired) electrons. The fourth-order valence-electron chi connectivity index (χ4n) is 4.06. The van der Waals surface area contributed by atoms with Gasteiger partial charge in [-0.15, -0.1) is 0 Å². The Morgan fingerprint density at radius 2 is 1.84 bits per heavy atom. The number of sulfonamides is 1. The Balaban J connectivity index is 1.70. The molecule has 2 aromatic carbocycles. The van der Waals surface area contributed by atoms with E-state index in [9.17, 15) is 12.8 Å². The zero-order valence-electron chi connectivity index (χ0n) is 18.1. The first kappa shape index (κ1) is 23.4. The Kier molecular flexibility index (Phi) is 8.23. The van der Waals surface area contributed by atoms with Crippen molar-refractivity contribution in [3.05, 3.63) is 66.1 Å². The lowest BCUT2D eigenvalue weighted by Crippen LogP contribution is -2.38. The van der Waals surface area contributed by atoms with E-state index in [-0.39, 0.29) is 17.3 Å². The van der Waals surface area contributed by atoms with Gasteiger partial charge in [-0.1, -0.05) is 37.3 Å². The summed E-state index contributed by atoms with van der Waals surface area (Å²) >= 11 is 0. The van der Waals surface area contributed by atoms with E-state index in [1.165, 1.54) is 12.1 Å². The largest absolute Gasteiger partial charge is 0.374 e. The van der Waals surface area contributed by atoms with Gasteiger partial charge in [-0.2, -0.15) is 0 Å². The van der Waals surface area contributed by atoms with Crippen molar-refractivity contribution in [2.24, 2.45) is 11.7 Å². The van der Waals surface area contributed by atoms with Crippen molar-refractivity contribution < 1.29 is 12.8 Å². The van der Waals surface area contributed by atoms with Crippen molar-refractivity contribution >= 4 is 10.0 Å². The summed E-state index contributed by atoms with van der Waals surface area (Å²) in [4.78, 5) is 2.45. The molecule has 7 heteroatoms. The molecule has 3 N–H and O–H groups in total. The molecular formula is C24H32FN3O2S. The smallest absolute Gasteiger partial charge is 0.240 e.